The molecule has 0 aromatic heterocycles. The number of primary amides is 1. The van der Waals surface area contributed by atoms with Crippen molar-refractivity contribution in [2.75, 3.05) is 0 Å². The average molecular weight is 502 g/mol. The van der Waals surface area contributed by atoms with E-state index in [-0.39, 0.29) is 5.91 Å². The number of rotatable bonds is 6. The molecular formula is C22H18Br2N2O2. The third-order valence-corrected chi connectivity index (χ3v) is 5.19. The molecule has 28 heavy (non-hydrogen) atoms. The van der Waals surface area contributed by atoms with E-state index in [2.05, 4.69) is 37.2 Å². The van der Waals surface area contributed by atoms with Gasteiger partial charge in [0.05, 0.1) is 0 Å². The Kier molecular flexibility index (Phi) is 6.65. The molecule has 0 aliphatic rings. The number of carbonyl (C=O) groups excluding carboxylic acids is 2. The molecule has 3 aromatic carbocycles. The monoisotopic (exact) mass is 500 g/mol. The minimum absolute atomic E-state index is 0.325. The summed E-state index contributed by atoms with van der Waals surface area (Å²) in [5, 5.41) is 2.73. The molecule has 0 heterocycles. The van der Waals surface area contributed by atoms with Gasteiger partial charge in [0.2, 0.25) is 5.91 Å². The molecule has 0 saturated heterocycles. The van der Waals surface area contributed by atoms with Crippen LogP contribution in [-0.4, -0.2) is 17.9 Å². The zero-order valence-corrected chi connectivity index (χ0v) is 18.0. The van der Waals surface area contributed by atoms with Crippen molar-refractivity contribution in [3.63, 3.8) is 0 Å². The van der Waals surface area contributed by atoms with Gasteiger partial charge in [-0.1, -0.05) is 86.5 Å². The lowest BCUT2D eigenvalue weighted by Crippen LogP contribution is -2.45. The van der Waals surface area contributed by atoms with E-state index < -0.39 is 11.9 Å². The third-order valence-electron chi connectivity index (χ3n) is 4.27. The molecule has 3 aromatic rings. The number of halogens is 2. The quantitative estimate of drug-likeness (QED) is 0.513. The fourth-order valence-corrected chi connectivity index (χ4v) is 4.14. The van der Waals surface area contributed by atoms with Gasteiger partial charge in [0.1, 0.15) is 6.04 Å². The molecule has 142 valence electrons. The molecule has 0 spiro atoms. The standard InChI is InChI=1S/C22H18Br2N2O2/c23-18-11-17(12-19(24)13-18)22(28)26-20(21(25)27)10-14-6-8-16(9-7-14)15-4-2-1-3-5-15/h1-9,11-13,20H,10H2,(H2,25,27)(H,26,28)/t20-/m0/s1. The molecule has 1 atom stereocenters. The van der Waals surface area contributed by atoms with Gasteiger partial charge in [-0.25, -0.2) is 0 Å². The van der Waals surface area contributed by atoms with E-state index in [0.29, 0.717) is 12.0 Å². The van der Waals surface area contributed by atoms with E-state index in [4.69, 9.17) is 5.73 Å². The van der Waals surface area contributed by atoms with Crippen LogP contribution in [0.5, 0.6) is 0 Å². The van der Waals surface area contributed by atoms with Gasteiger partial charge < -0.3 is 11.1 Å². The molecule has 0 unspecified atom stereocenters. The number of carbonyl (C=O) groups is 2. The first-order chi connectivity index (χ1) is 13.4. The van der Waals surface area contributed by atoms with Crippen LogP contribution in [0.2, 0.25) is 0 Å². The number of benzene rings is 3. The van der Waals surface area contributed by atoms with Crippen LogP contribution in [0.25, 0.3) is 11.1 Å². The van der Waals surface area contributed by atoms with Gasteiger partial charge in [-0.15, -0.1) is 0 Å². The van der Waals surface area contributed by atoms with E-state index in [9.17, 15) is 9.59 Å². The van der Waals surface area contributed by atoms with Crippen molar-refractivity contribution in [3.05, 3.63) is 92.9 Å². The minimum Gasteiger partial charge on any atom is -0.368 e. The Labute approximate surface area is 180 Å². The van der Waals surface area contributed by atoms with E-state index in [1.165, 1.54) is 0 Å². The summed E-state index contributed by atoms with van der Waals surface area (Å²) >= 11 is 6.71. The fraction of sp³-hybridized carbons (Fsp3) is 0.0909. The van der Waals surface area contributed by atoms with Crippen molar-refractivity contribution in [1.82, 2.24) is 5.32 Å². The Morgan fingerprint density at radius 2 is 1.43 bits per heavy atom. The lowest BCUT2D eigenvalue weighted by molar-refractivity contribution is -0.119. The first-order valence-corrected chi connectivity index (χ1v) is 10.2. The molecule has 4 nitrogen and oxygen atoms in total. The maximum absolute atomic E-state index is 12.5. The lowest BCUT2D eigenvalue weighted by atomic mass is 10.00. The first-order valence-electron chi connectivity index (χ1n) is 8.63. The molecule has 0 bridgehead atoms. The Hall–Kier alpha value is -2.44. The van der Waals surface area contributed by atoms with Gasteiger partial charge in [0, 0.05) is 20.9 Å². The second-order valence-corrected chi connectivity index (χ2v) is 8.18. The van der Waals surface area contributed by atoms with E-state index in [1.807, 2.05) is 60.7 Å². The number of nitrogens with two attached hydrogens (primary N) is 1. The van der Waals surface area contributed by atoms with Crippen molar-refractivity contribution >= 4 is 43.7 Å². The normalized spacial score (nSPS) is 11.6. The molecule has 0 radical (unpaired) electrons. The average Bonchev–Trinajstić information content (AvgIpc) is 2.68. The van der Waals surface area contributed by atoms with Gasteiger partial charge >= 0.3 is 0 Å². The summed E-state index contributed by atoms with van der Waals surface area (Å²) in [6.45, 7) is 0. The van der Waals surface area contributed by atoms with Crippen LogP contribution < -0.4 is 11.1 Å². The highest BCUT2D eigenvalue weighted by molar-refractivity contribution is 9.11. The van der Waals surface area contributed by atoms with Crippen molar-refractivity contribution in [1.29, 1.82) is 0 Å². The first kappa shape index (κ1) is 20.3. The minimum atomic E-state index is -0.798. The molecular weight excluding hydrogens is 484 g/mol. The zero-order chi connectivity index (χ0) is 20.1. The molecule has 0 fully saturated rings. The van der Waals surface area contributed by atoms with Crippen LogP contribution in [0.3, 0.4) is 0 Å². The highest BCUT2D eigenvalue weighted by Gasteiger charge is 2.20. The van der Waals surface area contributed by atoms with Crippen molar-refractivity contribution in [3.8, 4) is 11.1 Å². The summed E-state index contributed by atoms with van der Waals surface area (Å²) in [5.74, 6) is -0.929. The van der Waals surface area contributed by atoms with E-state index in [1.54, 1.807) is 12.1 Å². The van der Waals surface area contributed by atoms with E-state index in [0.717, 1.165) is 25.6 Å². The predicted octanol–water partition coefficient (Wildman–Crippen LogP) is 4.71. The second kappa shape index (κ2) is 9.17. The largest absolute Gasteiger partial charge is 0.368 e. The van der Waals surface area contributed by atoms with Crippen LogP contribution in [0.1, 0.15) is 15.9 Å². The molecule has 2 amide bonds. The SMILES string of the molecule is NC(=O)[C@H](Cc1ccc(-c2ccccc2)cc1)NC(=O)c1cc(Br)cc(Br)c1. The summed E-state index contributed by atoms with van der Waals surface area (Å²) in [5.41, 5.74) is 9.08. The van der Waals surface area contributed by atoms with Crippen molar-refractivity contribution < 1.29 is 9.59 Å². The zero-order valence-electron chi connectivity index (χ0n) is 14.9. The molecule has 0 aliphatic heterocycles. The topological polar surface area (TPSA) is 72.2 Å². The summed E-state index contributed by atoms with van der Waals surface area (Å²) in [6.07, 6.45) is 0.325. The molecule has 3 N–H and O–H groups in total. The van der Waals surface area contributed by atoms with Crippen LogP contribution in [0.4, 0.5) is 0 Å². The number of amides is 2. The highest BCUT2D eigenvalue weighted by Crippen LogP contribution is 2.21. The summed E-state index contributed by atoms with van der Waals surface area (Å²) < 4.78 is 1.53. The van der Waals surface area contributed by atoms with Crippen molar-refractivity contribution in [2.24, 2.45) is 5.73 Å². The number of hydrogen-bond acceptors (Lipinski definition) is 2. The van der Waals surface area contributed by atoms with Crippen LogP contribution in [-0.2, 0) is 11.2 Å². The van der Waals surface area contributed by atoms with Gasteiger partial charge in [-0.3, -0.25) is 9.59 Å². The fourth-order valence-electron chi connectivity index (χ4n) is 2.85. The smallest absolute Gasteiger partial charge is 0.252 e. The van der Waals surface area contributed by atoms with Gasteiger partial charge in [0.15, 0.2) is 0 Å². The van der Waals surface area contributed by atoms with Crippen LogP contribution in [0.15, 0.2) is 81.7 Å². The molecule has 0 aliphatic carbocycles. The number of nitrogens with one attached hydrogen (secondary N) is 1. The molecule has 6 heteroatoms. The summed E-state index contributed by atoms with van der Waals surface area (Å²) in [4.78, 5) is 24.4. The van der Waals surface area contributed by atoms with E-state index >= 15 is 0 Å². The predicted molar refractivity (Wildman–Crippen MR) is 118 cm³/mol. The number of hydrogen-bond donors (Lipinski definition) is 2. The Balaban J connectivity index is 1.72. The lowest BCUT2D eigenvalue weighted by Gasteiger charge is -2.16. The Bertz CT molecular complexity index is 969. The molecule has 3 rings (SSSR count). The van der Waals surface area contributed by atoms with Gasteiger partial charge in [-0.05, 0) is 34.9 Å². The summed E-state index contributed by atoms with van der Waals surface area (Å²) in [6, 6.07) is 22.3. The highest BCUT2D eigenvalue weighted by atomic mass is 79.9. The maximum atomic E-state index is 12.5. The van der Waals surface area contributed by atoms with Crippen LogP contribution in [0, 0.1) is 0 Å². The van der Waals surface area contributed by atoms with Gasteiger partial charge in [0.25, 0.3) is 5.91 Å². The molecule has 0 saturated carbocycles. The summed E-state index contributed by atoms with van der Waals surface area (Å²) in [7, 11) is 0. The van der Waals surface area contributed by atoms with Crippen LogP contribution >= 0.6 is 31.9 Å². The third kappa shape index (κ3) is 5.30. The Morgan fingerprint density at radius 1 is 0.857 bits per heavy atom. The Morgan fingerprint density at radius 3 is 2.00 bits per heavy atom. The van der Waals surface area contributed by atoms with Gasteiger partial charge in [-0.2, -0.15) is 0 Å². The second-order valence-electron chi connectivity index (χ2n) is 6.35. The van der Waals surface area contributed by atoms with Crippen molar-refractivity contribution in [2.45, 2.75) is 12.5 Å². The maximum Gasteiger partial charge on any atom is 0.252 e.